The lowest BCUT2D eigenvalue weighted by Gasteiger charge is -2.34. The lowest BCUT2D eigenvalue weighted by Crippen LogP contribution is -2.41. The minimum Gasteiger partial charge on any atom is -0.468 e. The maximum Gasteiger partial charge on any atom is 0.137 e. The van der Waals surface area contributed by atoms with Crippen molar-refractivity contribution in [3.05, 3.63) is 72.2 Å². The van der Waals surface area contributed by atoms with Gasteiger partial charge in [-0.05, 0) is 37.3 Å². The highest BCUT2D eigenvalue weighted by atomic mass is 33.1. The minimum absolute atomic E-state index is 0.0527. The van der Waals surface area contributed by atoms with Crippen molar-refractivity contribution >= 4 is 21.6 Å². The molecule has 0 aliphatic carbocycles. The molecule has 1 N–H and O–H groups in total. The minimum atomic E-state index is -1.68. The number of halogens is 2. The molecule has 0 saturated carbocycles. The van der Waals surface area contributed by atoms with Crippen LogP contribution in [0, 0.1) is 11.6 Å². The fourth-order valence-electron chi connectivity index (χ4n) is 2.49. The Labute approximate surface area is 157 Å². The summed E-state index contributed by atoms with van der Waals surface area (Å²) in [5.41, 5.74) is -1.78. The summed E-state index contributed by atoms with van der Waals surface area (Å²) in [6.45, 7) is 1.71. The molecule has 0 saturated heterocycles. The van der Waals surface area contributed by atoms with E-state index in [1.54, 1.807) is 19.3 Å². The fraction of sp³-hybridized carbons (Fsp3) is 0.294. The predicted octanol–water partition coefficient (Wildman–Crippen LogP) is 4.01. The molecule has 0 aliphatic rings. The SMILES string of the molecule is C[C@@H](SSCc1ccco1)[C@](O)(Cn1cncn1)c1cc(F)ccc1F. The Bertz CT molecular complexity index is 831. The monoisotopic (exact) mass is 397 g/mol. The third kappa shape index (κ3) is 4.28. The molecule has 0 unspecified atom stereocenters. The van der Waals surface area contributed by atoms with E-state index < -0.39 is 22.5 Å². The second-order valence-corrected chi connectivity index (χ2v) is 8.43. The van der Waals surface area contributed by atoms with Gasteiger partial charge >= 0.3 is 0 Å². The molecular formula is C17H17F2N3O2S2. The fourth-order valence-corrected chi connectivity index (χ4v) is 5.05. The summed E-state index contributed by atoms with van der Waals surface area (Å²) in [5.74, 6) is 0.107. The molecule has 9 heteroatoms. The van der Waals surface area contributed by atoms with Gasteiger partial charge in [-0.1, -0.05) is 21.6 Å². The summed E-state index contributed by atoms with van der Waals surface area (Å²) in [6.07, 6.45) is 4.34. The van der Waals surface area contributed by atoms with E-state index in [-0.39, 0.29) is 12.1 Å². The molecule has 2 atom stereocenters. The lowest BCUT2D eigenvalue weighted by molar-refractivity contribution is 0.0134. The molecule has 3 rings (SSSR count). The van der Waals surface area contributed by atoms with Crippen LogP contribution in [0.25, 0.3) is 0 Å². The van der Waals surface area contributed by atoms with Gasteiger partial charge in [-0.3, -0.25) is 0 Å². The summed E-state index contributed by atoms with van der Waals surface area (Å²) >= 11 is 0. The van der Waals surface area contributed by atoms with Crippen molar-refractivity contribution in [2.24, 2.45) is 0 Å². The van der Waals surface area contributed by atoms with Gasteiger partial charge in [-0.25, -0.2) is 18.4 Å². The first-order valence-corrected chi connectivity index (χ1v) is 10.2. The zero-order valence-corrected chi connectivity index (χ0v) is 15.5. The molecule has 138 valence electrons. The van der Waals surface area contributed by atoms with Gasteiger partial charge in [0.15, 0.2) is 0 Å². The van der Waals surface area contributed by atoms with E-state index >= 15 is 0 Å². The van der Waals surface area contributed by atoms with Gasteiger partial charge in [-0.15, -0.1) is 0 Å². The van der Waals surface area contributed by atoms with E-state index in [0.717, 1.165) is 24.0 Å². The number of benzene rings is 1. The molecule has 0 radical (unpaired) electrons. The quantitative estimate of drug-likeness (QED) is 0.580. The summed E-state index contributed by atoms with van der Waals surface area (Å²) in [6, 6.07) is 6.72. The van der Waals surface area contributed by atoms with Gasteiger partial charge in [0.2, 0.25) is 0 Å². The van der Waals surface area contributed by atoms with Crippen LogP contribution in [0.3, 0.4) is 0 Å². The van der Waals surface area contributed by atoms with E-state index in [4.69, 9.17) is 4.42 Å². The molecular weight excluding hydrogens is 380 g/mol. The molecule has 26 heavy (non-hydrogen) atoms. The van der Waals surface area contributed by atoms with E-state index in [9.17, 15) is 13.9 Å². The summed E-state index contributed by atoms with van der Waals surface area (Å²) in [7, 11) is 2.83. The first-order chi connectivity index (χ1) is 12.5. The normalized spacial score (nSPS) is 14.9. The highest BCUT2D eigenvalue weighted by Gasteiger charge is 2.40. The Morgan fingerprint density at radius 3 is 2.88 bits per heavy atom. The maximum absolute atomic E-state index is 14.4. The second kappa shape index (κ2) is 8.24. The molecule has 0 amide bonds. The predicted molar refractivity (Wildman–Crippen MR) is 97.3 cm³/mol. The highest BCUT2D eigenvalue weighted by Crippen LogP contribution is 2.42. The molecule has 0 fully saturated rings. The molecule has 3 aromatic rings. The average molecular weight is 397 g/mol. The van der Waals surface area contributed by atoms with E-state index in [1.165, 1.54) is 38.9 Å². The Balaban J connectivity index is 1.83. The number of rotatable bonds is 8. The summed E-state index contributed by atoms with van der Waals surface area (Å²) < 4.78 is 34.8. The van der Waals surface area contributed by atoms with Gasteiger partial charge in [0.25, 0.3) is 0 Å². The van der Waals surface area contributed by atoms with Crippen molar-refractivity contribution < 1.29 is 18.3 Å². The Morgan fingerprint density at radius 2 is 2.19 bits per heavy atom. The zero-order valence-electron chi connectivity index (χ0n) is 13.9. The van der Waals surface area contributed by atoms with Crippen LogP contribution in [0.4, 0.5) is 8.78 Å². The Hall–Kier alpha value is -1.84. The molecule has 5 nitrogen and oxygen atoms in total. The van der Waals surface area contributed by atoms with Crippen LogP contribution in [0.2, 0.25) is 0 Å². The summed E-state index contributed by atoms with van der Waals surface area (Å²) in [5, 5.41) is 14.8. The van der Waals surface area contributed by atoms with Crippen LogP contribution in [0.5, 0.6) is 0 Å². The third-order valence-electron chi connectivity index (χ3n) is 3.93. The summed E-state index contributed by atoms with van der Waals surface area (Å²) in [4.78, 5) is 3.84. The highest BCUT2D eigenvalue weighted by molar-refractivity contribution is 8.76. The number of hydrogen-bond donors (Lipinski definition) is 1. The number of aromatic nitrogens is 3. The van der Waals surface area contributed by atoms with Gasteiger partial charge < -0.3 is 9.52 Å². The Kier molecular flexibility index (Phi) is 6.00. The van der Waals surface area contributed by atoms with Crippen LogP contribution < -0.4 is 0 Å². The second-order valence-electron chi connectivity index (χ2n) is 5.72. The number of aliphatic hydroxyl groups is 1. The topological polar surface area (TPSA) is 64.1 Å². The number of furan rings is 1. The first-order valence-electron chi connectivity index (χ1n) is 7.80. The third-order valence-corrected chi connectivity index (χ3v) is 6.78. The van der Waals surface area contributed by atoms with Crippen molar-refractivity contribution in [3.8, 4) is 0 Å². The molecule has 0 spiro atoms. The van der Waals surface area contributed by atoms with Crippen LogP contribution in [0.15, 0.2) is 53.7 Å². The van der Waals surface area contributed by atoms with Crippen molar-refractivity contribution in [1.29, 1.82) is 0 Å². The van der Waals surface area contributed by atoms with E-state index in [2.05, 4.69) is 10.1 Å². The van der Waals surface area contributed by atoms with Crippen molar-refractivity contribution in [2.75, 3.05) is 0 Å². The van der Waals surface area contributed by atoms with Gasteiger partial charge in [-0.2, -0.15) is 5.10 Å². The number of nitrogens with zero attached hydrogens (tertiary/aromatic N) is 3. The van der Waals surface area contributed by atoms with E-state index in [0.29, 0.717) is 5.75 Å². The van der Waals surface area contributed by atoms with Crippen LogP contribution >= 0.6 is 21.6 Å². The number of hydrogen-bond acceptors (Lipinski definition) is 6. The van der Waals surface area contributed by atoms with Crippen molar-refractivity contribution in [3.63, 3.8) is 0 Å². The van der Waals surface area contributed by atoms with E-state index in [1.807, 2.05) is 6.07 Å². The zero-order chi connectivity index (χ0) is 18.6. The van der Waals surface area contributed by atoms with Crippen LogP contribution in [-0.4, -0.2) is 25.1 Å². The molecule has 0 aliphatic heterocycles. The van der Waals surface area contributed by atoms with Gasteiger partial charge in [0, 0.05) is 10.8 Å². The first kappa shape index (κ1) is 18.9. The molecule has 2 aromatic heterocycles. The molecule has 0 bridgehead atoms. The van der Waals surface area contributed by atoms with Gasteiger partial charge in [0.05, 0.1) is 18.6 Å². The van der Waals surface area contributed by atoms with Crippen molar-refractivity contribution in [1.82, 2.24) is 14.8 Å². The molecule has 2 heterocycles. The standard InChI is InChI=1S/C17H17F2N3O2S2/c1-12(26-25-8-14-3-2-6-24-14)17(23,9-22-11-20-10-21-22)15-7-13(18)4-5-16(15)19/h2-7,10-12,23H,8-9H2,1H3/t12-,17-/m1/s1. The largest absolute Gasteiger partial charge is 0.468 e. The average Bonchev–Trinajstić information content (AvgIpc) is 3.30. The smallest absolute Gasteiger partial charge is 0.137 e. The Morgan fingerprint density at radius 1 is 1.35 bits per heavy atom. The van der Waals surface area contributed by atoms with Crippen molar-refractivity contribution in [2.45, 2.75) is 30.1 Å². The van der Waals surface area contributed by atoms with Crippen LogP contribution in [0.1, 0.15) is 18.2 Å². The van der Waals surface area contributed by atoms with Crippen LogP contribution in [-0.2, 0) is 17.9 Å². The molecule has 1 aromatic carbocycles. The van der Waals surface area contributed by atoms with Gasteiger partial charge in [0.1, 0.15) is 35.7 Å². The lowest BCUT2D eigenvalue weighted by atomic mass is 9.90. The maximum atomic E-state index is 14.4.